The molecule has 0 amide bonds. The number of aromatic nitrogens is 2. The number of fused-ring (bicyclic) bond motifs is 1. The molecule has 2 aromatic rings. The maximum Gasteiger partial charge on any atom is 0.277 e. The maximum atomic E-state index is 14.5. The van der Waals surface area contributed by atoms with Crippen molar-refractivity contribution < 1.29 is 4.39 Å². The van der Waals surface area contributed by atoms with Gasteiger partial charge in [-0.15, -0.1) is 0 Å². The van der Waals surface area contributed by atoms with Crippen LogP contribution < -0.4 is 5.56 Å². The molecule has 3 rings (SSSR count). The lowest BCUT2D eigenvalue weighted by Crippen LogP contribution is -2.27. The lowest BCUT2D eigenvalue weighted by molar-refractivity contribution is 0.310. The summed E-state index contributed by atoms with van der Waals surface area (Å²) in [6.45, 7) is 2.86. The third-order valence-electron chi connectivity index (χ3n) is 3.68. The highest BCUT2D eigenvalue weighted by Gasteiger charge is 2.25. The van der Waals surface area contributed by atoms with E-state index in [-0.39, 0.29) is 11.1 Å². The van der Waals surface area contributed by atoms with Gasteiger partial charge in [0.05, 0.1) is 5.02 Å². The first-order valence-electron chi connectivity index (χ1n) is 6.46. The first-order chi connectivity index (χ1) is 9.50. The Kier molecular flexibility index (Phi) is 3.38. The highest BCUT2D eigenvalue weighted by molar-refractivity contribution is 6.36. The summed E-state index contributed by atoms with van der Waals surface area (Å²) in [6, 6.07) is 3.21. The minimum atomic E-state index is -0.515. The number of halogens is 3. The summed E-state index contributed by atoms with van der Waals surface area (Å²) in [7, 11) is 0. The maximum absolute atomic E-state index is 14.5. The third kappa shape index (κ3) is 1.98. The van der Waals surface area contributed by atoms with Crippen LogP contribution in [0.25, 0.3) is 11.1 Å². The summed E-state index contributed by atoms with van der Waals surface area (Å²) in [6.07, 6.45) is 1.76. The molecule has 20 heavy (non-hydrogen) atoms. The van der Waals surface area contributed by atoms with Gasteiger partial charge in [-0.05, 0) is 37.5 Å². The number of aryl methyl sites for hydroxylation is 1. The molecule has 1 aliphatic rings. The molecule has 0 N–H and O–H groups in total. The van der Waals surface area contributed by atoms with E-state index in [0.29, 0.717) is 28.7 Å². The molecular formula is C14H13Cl2FN2O. The molecular weight excluding hydrogens is 302 g/mol. The van der Waals surface area contributed by atoms with Crippen LogP contribution in [0.3, 0.4) is 0 Å². The molecule has 0 bridgehead atoms. The highest BCUT2D eigenvalue weighted by Crippen LogP contribution is 2.33. The van der Waals surface area contributed by atoms with E-state index in [1.165, 1.54) is 9.36 Å². The average molecular weight is 315 g/mol. The molecule has 0 unspecified atom stereocenters. The molecule has 6 heteroatoms. The number of nitrogens with zero attached hydrogens (tertiary/aromatic N) is 2. The minimum Gasteiger partial charge on any atom is -0.267 e. The molecule has 0 atom stereocenters. The predicted octanol–water partition coefficient (Wildman–Crippen LogP) is 3.86. The molecule has 0 saturated heterocycles. The standard InChI is InChI=1S/C14H13Cl2FN2O/c1-8-6-9(11(16)7-10(8)15)12-13(17)18-4-2-3-5-19(18)14(12)20/h6-7H,2-5H2,1H3. The molecule has 1 aromatic heterocycles. The molecule has 0 spiro atoms. The lowest BCUT2D eigenvalue weighted by atomic mass is 10.1. The zero-order chi connectivity index (χ0) is 14.4. The van der Waals surface area contributed by atoms with Crippen LogP contribution in [0.4, 0.5) is 4.39 Å². The van der Waals surface area contributed by atoms with Crippen LogP contribution in [0.1, 0.15) is 18.4 Å². The van der Waals surface area contributed by atoms with Crippen LogP contribution in [0.2, 0.25) is 10.0 Å². The number of hydrogen-bond acceptors (Lipinski definition) is 1. The second-order valence-corrected chi connectivity index (χ2v) is 5.82. The Morgan fingerprint density at radius 1 is 1.10 bits per heavy atom. The van der Waals surface area contributed by atoms with Crippen molar-refractivity contribution in [2.24, 2.45) is 0 Å². The summed E-state index contributed by atoms with van der Waals surface area (Å²) in [5.74, 6) is -0.515. The van der Waals surface area contributed by atoms with E-state index in [0.717, 1.165) is 18.4 Å². The van der Waals surface area contributed by atoms with Crippen LogP contribution in [-0.2, 0) is 13.1 Å². The van der Waals surface area contributed by atoms with Gasteiger partial charge in [0.1, 0.15) is 5.56 Å². The predicted molar refractivity (Wildman–Crippen MR) is 78.1 cm³/mol. The van der Waals surface area contributed by atoms with Gasteiger partial charge in [-0.3, -0.25) is 9.48 Å². The Morgan fingerprint density at radius 3 is 2.40 bits per heavy atom. The van der Waals surface area contributed by atoms with Crippen LogP contribution in [0.15, 0.2) is 16.9 Å². The number of benzene rings is 1. The molecule has 1 aliphatic heterocycles. The Morgan fingerprint density at radius 2 is 1.75 bits per heavy atom. The monoisotopic (exact) mass is 314 g/mol. The van der Waals surface area contributed by atoms with Gasteiger partial charge in [0.2, 0.25) is 5.95 Å². The SMILES string of the molecule is Cc1cc(-c2c(F)n3n(c2=O)CCCC3)c(Cl)cc1Cl. The van der Waals surface area contributed by atoms with E-state index in [2.05, 4.69) is 0 Å². The molecule has 0 radical (unpaired) electrons. The van der Waals surface area contributed by atoms with Crippen molar-refractivity contribution in [3.63, 3.8) is 0 Å². The third-order valence-corrected chi connectivity index (χ3v) is 4.40. The van der Waals surface area contributed by atoms with Gasteiger partial charge >= 0.3 is 0 Å². The fourth-order valence-corrected chi connectivity index (χ4v) is 3.08. The molecule has 0 saturated carbocycles. The van der Waals surface area contributed by atoms with E-state index in [1.54, 1.807) is 19.1 Å². The smallest absolute Gasteiger partial charge is 0.267 e. The lowest BCUT2D eigenvalue weighted by Gasteiger charge is -2.16. The fraction of sp³-hybridized carbons (Fsp3) is 0.357. The van der Waals surface area contributed by atoms with E-state index in [1.807, 2.05) is 0 Å². The van der Waals surface area contributed by atoms with Crippen molar-refractivity contribution in [3.05, 3.63) is 44.0 Å². The summed E-state index contributed by atoms with van der Waals surface area (Å²) in [4.78, 5) is 12.4. The number of rotatable bonds is 1. The normalized spacial score (nSPS) is 14.4. The molecule has 1 aromatic carbocycles. The van der Waals surface area contributed by atoms with E-state index in [4.69, 9.17) is 23.2 Å². The van der Waals surface area contributed by atoms with Crippen LogP contribution in [0.5, 0.6) is 0 Å². The van der Waals surface area contributed by atoms with Crippen molar-refractivity contribution in [2.45, 2.75) is 32.9 Å². The molecule has 2 heterocycles. The topological polar surface area (TPSA) is 26.9 Å². The quantitative estimate of drug-likeness (QED) is 0.785. The molecule has 106 valence electrons. The Bertz CT molecular complexity index is 749. The largest absolute Gasteiger partial charge is 0.277 e. The van der Waals surface area contributed by atoms with Crippen molar-refractivity contribution in [1.29, 1.82) is 0 Å². The first-order valence-corrected chi connectivity index (χ1v) is 7.21. The molecule has 0 fully saturated rings. The minimum absolute atomic E-state index is 0.0386. The van der Waals surface area contributed by atoms with E-state index >= 15 is 0 Å². The van der Waals surface area contributed by atoms with Crippen molar-refractivity contribution >= 4 is 23.2 Å². The van der Waals surface area contributed by atoms with Crippen molar-refractivity contribution in [1.82, 2.24) is 9.36 Å². The van der Waals surface area contributed by atoms with Crippen LogP contribution >= 0.6 is 23.2 Å². The Hall–Kier alpha value is -1.26. The second kappa shape index (κ2) is 4.93. The van der Waals surface area contributed by atoms with Gasteiger partial charge < -0.3 is 0 Å². The summed E-state index contributed by atoms with van der Waals surface area (Å²) in [5, 5.41) is 0.795. The van der Waals surface area contributed by atoms with Gasteiger partial charge in [0, 0.05) is 23.7 Å². The summed E-state index contributed by atoms with van der Waals surface area (Å²) >= 11 is 12.1. The Labute approximate surface area is 125 Å². The van der Waals surface area contributed by atoms with Crippen molar-refractivity contribution in [2.75, 3.05) is 0 Å². The zero-order valence-electron chi connectivity index (χ0n) is 10.9. The fourth-order valence-electron chi connectivity index (χ4n) is 2.60. The Balaban J connectivity index is 2.28. The summed E-state index contributed by atoms with van der Waals surface area (Å²) in [5.41, 5.74) is 0.881. The van der Waals surface area contributed by atoms with Gasteiger partial charge in [-0.25, -0.2) is 4.68 Å². The molecule has 3 nitrogen and oxygen atoms in total. The van der Waals surface area contributed by atoms with Gasteiger partial charge in [-0.1, -0.05) is 23.2 Å². The van der Waals surface area contributed by atoms with Crippen LogP contribution in [-0.4, -0.2) is 9.36 Å². The van der Waals surface area contributed by atoms with Crippen LogP contribution in [0, 0.1) is 12.9 Å². The van der Waals surface area contributed by atoms with Gasteiger partial charge in [0.15, 0.2) is 0 Å². The van der Waals surface area contributed by atoms with Gasteiger partial charge in [-0.2, -0.15) is 4.39 Å². The van der Waals surface area contributed by atoms with E-state index in [9.17, 15) is 9.18 Å². The first kappa shape index (κ1) is 13.7. The summed E-state index contributed by atoms with van der Waals surface area (Å²) < 4.78 is 17.4. The number of hydrogen-bond donors (Lipinski definition) is 0. The van der Waals surface area contributed by atoms with Gasteiger partial charge in [0.25, 0.3) is 5.56 Å². The van der Waals surface area contributed by atoms with E-state index < -0.39 is 5.95 Å². The van der Waals surface area contributed by atoms with Crippen molar-refractivity contribution in [3.8, 4) is 11.1 Å². The second-order valence-electron chi connectivity index (χ2n) is 5.01. The zero-order valence-corrected chi connectivity index (χ0v) is 12.4. The molecule has 0 aliphatic carbocycles. The highest BCUT2D eigenvalue weighted by atomic mass is 35.5. The average Bonchev–Trinajstić information content (AvgIpc) is 2.68.